The molecule has 0 radical (unpaired) electrons. The van der Waals surface area contributed by atoms with Crippen LogP contribution in [0.25, 0.3) is 0 Å². The van der Waals surface area contributed by atoms with Crippen molar-refractivity contribution in [3.8, 4) is 0 Å². The smallest absolute Gasteiger partial charge is 0.137 e. The fraction of sp³-hybridized carbons (Fsp3) is 0.625. The molecule has 19 heavy (non-hydrogen) atoms. The maximum atomic E-state index is 13.2. The summed E-state index contributed by atoms with van der Waals surface area (Å²) >= 11 is 3.25. The second kappa shape index (κ2) is 6.85. The van der Waals surface area contributed by atoms with Gasteiger partial charge in [0.05, 0.1) is 4.47 Å². The molecule has 1 atom stereocenters. The first-order valence-electron chi connectivity index (χ1n) is 7.24. The van der Waals surface area contributed by atoms with Crippen LogP contribution in [0.3, 0.4) is 0 Å². The fourth-order valence-corrected chi connectivity index (χ4v) is 3.17. The van der Waals surface area contributed by atoms with E-state index in [-0.39, 0.29) is 11.9 Å². The average molecular weight is 328 g/mol. The van der Waals surface area contributed by atoms with Crippen LogP contribution in [-0.4, -0.2) is 6.54 Å². The Kier molecular flexibility index (Phi) is 5.40. The molecule has 1 aliphatic carbocycles. The summed E-state index contributed by atoms with van der Waals surface area (Å²) < 4.78 is 13.8. The van der Waals surface area contributed by atoms with Gasteiger partial charge in [0.15, 0.2) is 0 Å². The van der Waals surface area contributed by atoms with Crippen LogP contribution < -0.4 is 5.32 Å². The first-order chi connectivity index (χ1) is 9.06. The van der Waals surface area contributed by atoms with Gasteiger partial charge in [-0.25, -0.2) is 4.39 Å². The van der Waals surface area contributed by atoms with Crippen LogP contribution in [0.5, 0.6) is 0 Å². The molecule has 1 aromatic rings. The molecule has 0 saturated heterocycles. The van der Waals surface area contributed by atoms with E-state index in [0.717, 1.165) is 23.9 Å². The summed E-state index contributed by atoms with van der Waals surface area (Å²) in [6.45, 7) is 5.57. The molecule has 1 unspecified atom stereocenters. The summed E-state index contributed by atoms with van der Waals surface area (Å²) in [6, 6.07) is 5.53. The normalized spacial score (nSPS) is 25.3. The van der Waals surface area contributed by atoms with Crippen LogP contribution >= 0.6 is 15.9 Å². The second-order valence-electron chi connectivity index (χ2n) is 5.93. The highest BCUT2D eigenvalue weighted by Gasteiger charge is 2.18. The zero-order valence-electron chi connectivity index (χ0n) is 11.8. The molecule has 0 amide bonds. The lowest BCUT2D eigenvalue weighted by Gasteiger charge is -2.27. The van der Waals surface area contributed by atoms with Gasteiger partial charge in [-0.15, -0.1) is 0 Å². The zero-order valence-corrected chi connectivity index (χ0v) is 13.3. The van der Waals surface area contributed by atoms with Gasteiger partial charge in [-0.3, -0.25) is 0 Å². The van der Waals surface area contributed by atoms with Crippen molar-refractivity contribution in [1.29, 1.82) is 0 Å². The summed E-state index contributed by atoms with van der Waals surface area (Å²) in [5.41, 5.74) is 1.14. The van der Waals surface area contributed by atoms with E-state index in [9.17, 15) is 4.39 Å². The predicted octanol–water partition coefficient (Wildman–Crippen LogP) is 5.07. The number of hydrogen-bond donors (Lipinski definition) is 1. The maximum Gasteiger partial charge on any atom is 0.137 e. The molecule has 1 saturated carbocycles. The molecule has 0 spiro atoms. The molecule has 1 nitrogen and oxygen atoms in total. The monoisotopic (exact) mass is 327 g/mol. The van der Waals surface area contributed by atoms with Crippen molar-refractivity contribution in [2.24, 2.45) is 11.8 Å². The van der Waals surface area contributed by atoms with Gasteiger partial charge in [-0.1, -0.05) is 25.8 Å². The summed E-state index contributed by atoms with van der Waals surface area (Å²) in [5, 5.41) is 3.59. The Morgan fingerprint density at radius 1 is 1.32 bits per heavy atom. The van der Waals surface area contributed by atoms with E-state index in [2.05, 4.69) is 35.1 Å². The minimum Gasteiger partial charge on any atom is -0.310 e. The van der Waals surface area contributed by atoms with Crippen molar-refractivity contribution >= 4 is 15.9 Å². The van der Waals surface area contributed by atoms with Crippen LogP contribution in [0, 0.1) is 17.7 Å². The number of rotatable bonds is 4. The van der Waals surface area contributed by atoms with E-state index in [4.69, 9.17) is 0 Å². The molecule has 1 aliphatic rings. The Labute approximate surface area is 124 Å². The van der Waals surface area contributed by atoms with Gasteiger partial charge in [0.2, 0.25) is 0 Å². The van der Waals surface area contributed by atoms with Crippen LogP contribution in [0.4, 0.5) is 4.39 Å². The number of nitrogens with one attached hydrogen (secondary N) is 1. The largest absolute Gasteiger partial charge is 0.310 e. The van der Waals surface area contributed by atoms with Crippen molar-refractivity contribution in [2.75, 3.05) is 6.54 Å². The highest BCUT2D eigenvalue weighted by Crippen LogP contribution is 2.28. The highest BCUT2D eigenvalue weighted by molar-refractivity contribution is 9.10. The van der Waals surface area contributed by atoms with E-state index in [0.29, 0.717) is 4.47 Å². The third-order valence-electron chi connectivity index (χ3n) is 4.29. The van der Waals surface area contributed by atoms with E-state index in [1.807, 2.05) is 12.1 Å². The molecule has 106 valence electrons. The number of hydrogen-bond acceptors (Lipinski definition) is 1. The summed E-state index contributed by atoms with van der Waals surface area (Å²) in [5.74, 6) is 1.52. The first-order valence-corrected chi connectivity index (χ1v) is 8.04. The molecule has 0 aromatic heterocycles. The van der Waals surface area contributed by atoms with Gasteiger partial charge in [0.1, 0.15) is 5.82 Å². The van der Waals surface area contributed by atoms with Crippen molar-refractivity contribution in [3.63, 3.8) is 0 Å². The Hall–Kier alpha value is -0.410. The molecule has 0 bridgehead atoms. The van der Waals surface area contributed by atoms with Gasteiger partial charge >= 0.3 is 0 Å². The molecular formula is C16H23BrFN. The Bertz CT molecular complexity index is 413. The van der Waals surface area contributed by atoms with E-state index >= 15 is 0 Å². The third-order valence-corrected chi connectivity index (χ3v) is 4.90. The minimum absolute atomic E-state index is 0.197. The number of benzene rings is 1. The molecule has 0 heterocycles. The quantitative estimate of drug-likeness (QED) is 0.814. The molecule has 2 rings (SSSR count). The molecule has 1 fully saturated rings. The van der Waals surface area contributed by atoms with E-state index in [1.165, 1.54) is 31.7 Å². The number of halogens is 2. The van der Waals surface area contributed by atoms with Crippen molar-refractivity contribution in [1.82, 2.24) is 5.32 Å². The Morgan fingerprint density at radius 2 is 2.00 bits per heavy atom. The first kappa shape index (κ1) is 15.0. The van der Waals surface area contributed by atoms with Crippen LogP contribution in [-0.2, 0) is 0 Å². The van der Waals surface area contributed by atoms with Gasteiger partial charge in [0.25, 0.3) is 0 Å². The Morgan fingerprint density at radius 3 is 2.63 bits per heavy atom. The van der Waals surface area contributed by atoms with Crippen LogP contribution in [0.15, 0.2) is 22.7 Å². The van der Waals surface area contributed by atoms with Crippen LogP contribution in [0.1, 0.15) is 51.1 Å². The average Bonchev–Trinajstić information content (AvgIpc) is 2.41. The molecule has 1 aromatic carbocycles. The van der Waals surface area contributed by atoms with Gasteiger partial charge in [-0.2, -0.15) is 0 Å². The molecular weight excluding hydrogens is 305 g/mol. The van der Waals surface area contributed by atoms with Gasteiger partial charge in [0, 0.05) is 6.04 Å². The highest BCUT2D eigenvalue weighted by atomic mass is 79.9. The molecule has 1 N–H and O–H groups in total. The lowest BCUT2D eigenvalue weighted by atomic mass is 9.83. The summed E-state index contributed by atoms with van der Waals surface area (Å²) in [6.07, 6.45) is 5.41. The van der Waals surface area contributed by atoms with E-state index in [1.54, 1.807) is 0 Å². The Balaban J connectivity index is 1.83. The topological polar surface area (TPSA) is 12.0 Å². The second-order valence-corrected chi connectivity index (χ2v) is 6.78. The van der Waals surface area contributed by atoms with E-state index < -0.39 is 0 Å². The predicted molar refractivity (Wildman–Crippen MR) is 81.6 cm³/mol. The van der Waals surface area contributed by atoms with Gasteiger partial charge in [-0.05, 0) is 71.8 Å². The summed E-state index contributed by atoms with van der Waals surface area (Å²) in [7, 11) is 0. The van der Waals surface area contributed by atoms with Gasteiger partial charge < -0.3 is 5.32 Å². The van der Waals surface area contributed by atoms with Crippen LogP contribution in [0.2, 0.25) is 0 Å². The minimum atomic E-state index is -0.197. The third kappa shape index (κ3) is 4.28. The SMILES string of the molecule is CC1CCC(CNC(C)c2ccc(F)c(Br)c2)CC1. The lowest BCUT2D eigenvalue weighted by molar-refractivity contribution is 0.276. The summed E-state index contributed by atoms with van der Waals surface area (Å²) in [4.78, 5) is 0. The fourth-order valence-electron chi connectivity index (χ4n) is 2.78. The van der Waals surface area contributed by atoms with Crippen molar-refractivity contribution in [3.05, 3.63) is 34.1 Å². The standard InChI is InChI=1S/C16H23BrFN/c1-11-3-5-13(6-4-11)10-19-12(2)14-7-8-16(18)15(17)9-14/h7-9,11-13,19H,3-6,10H2,1-2H3. The molecule has 3 heteroatoms. The molecule has 0 aliphatic heterocycles. The maximum absolute atomic E-state index is 13.2. The lowest BCUT2D eigenvalue weighted by Crippen LogP contribution is -2.28. The zero-order chi connectivity index (χ0) is 13.8. The van der Waals surface area contributed by atoms with Crippen molar-refractivity contribution in [2.45, 2.75) is 45.6 Å². The van der Waals surface area contributed by atoms with Crippen molar-refractivity contribution < 1.29 is 4.39 Å².